The number of hydrogen-bond donors (Lipinski definition) is 3. The van der Waals surface area contributed by atoms with Crippen molar-refractivity contribution in [3.63, 3.8) is 0 Å². The summed E-state index contributed by atoms with van der Waals surface area (Å²) < 4.78 is 0. The number of carbonyl (C=O) groups is 1. The number of carbonyl (C=O) groups excluding carboxylic acids is 1. The molecular weight excluding hydrogens is 196 g/mol. The first kappa shape index (κ1) is 11.4. The van der Waals surface area contributed by atoms with Gasteiger partial charge in [-0.15, -0.1) is 0 Å². The summed E-state index contributed by atoms with van der Waals surface area (Å²) in [5.74, 6) is -0.288. The monoisotopic (exact) mass is 210 g/mol. The Morgan fingerprint density at radius 3 is 2.93 bits per heavy atom. The lowest BCUT2D eigenvalue weighted by molar-refractivity contribution is 0.0948. The Morgan fingerprint density at radius 2 is 2.33 bits per heavy atom. The second kappa shape index (κ2) is 5.92. The van der Waals surface area contributed by atoms with Gasteiger partial charge in [0.1, 0.15) is 5.69 Å². The largest absolute Gasteiger partial charge is 0.349 e. The molecule has 3 N–H and O–H groups in total. The normalized spacial score (nSPS) is 9.93. The van der Waals surface area contributed by atoms with Crippen LogP contribution in [-0.2, 0) is 0 Å². The second-order valence-electron chi connectivity index (χ2n) is 2.91. The van der Waals surface area contributed by atoms with Crippen molar-refractivity contribution in [1.29, 1.82) is 0 Å². The Morgan fingerprint density at radius 1 is 1.53 bits per heavy atom. The van der Waals surface area contributed by atoms with Gasteiger partial charge in [0.15, 0.2) is 0 Å². The number of nitrogens with zero attached hydrogens (tertiary/aromatic N) is 1. The highest BCUT2D eigenvalue weighted by atomic mass is 16.2. The molecule has 0 bridgehead atoms. The molecule has 1 aromatic rings. The fourth-order valence-corrected chi connectivity index (χ4v) is 0.998. The number of likely N-dealkylation sites (N-methyl/N-ethyl adjacent to an activating group) is 1. The molecule has 1 amide bonds. The molecule has 0 aliphatic rings. The number of rotatable bonds is 5. The molecule has 1 rings (SSSR count). The Balaban J connectivity index is 2.40. The van der Waals surface area contributed by atoms with E-state index in [9.17, 15) is 9.59 Å². The van der Waals surface area contributed by atoms with Crippen LogP contribution in [0.2, 0.25) is 0 Å². The standard InChI is InChI=1S/C9H14N4O2/c1-2-10-3-4-11-9(15)7-5-13-8(14)6-12-7/h5-6,10H,2-4H2,1H3,(H,11,15)(H,13,14). The van der Waals surface area contributed by atoms with E-state index >= 15 is 0 Å². The van der Waals surface area contributed by atoms with Gasteiger partial charge in [0, 0.05) is 19.3 Å². The first-order valence-corrected chi connectivity index (χ1v) is 4.77. The number of nitrogens with one attached hydrogen (secondary N) is 3. The van der Waals surface area contributed by atoms with Gasteiger partial charge in [0.05, 0.1) is 6.20 Å². The predicted octanol–water partition coefficient (Wildman–Crippen LogP) is -0.891. The van der Waals surface area contributed by atoms with Crippen molar-refractivity contribution < 1.29 is 4.79 Å². The van der Waals surface area contributed by atoms with Gasteiger partial charge >= 0.3 is 0 Å². The van der Waals surface area contributed by atoms with Crippen LogP contribution in [0.25, 0.3) is 0 Å². The molecule has 0 fully saturated rings. The minimum atomic E-state index is -0.320. The van der Waals surface area contributed by atoms with Crippen molar-refractivity contribution in [2.75, 3.05) is 19.6 Å². The summed E-state index contributed by atoms with van der Waals surface area (Å²) in [6.45, 7) is 4.11. The number of aromatic amines is 1. The van der Waals surface area contributed by atoms with E-state index in [1.54, 1.807) is 0 Å². The zero-order valence-electron chi connectivity index (χ0n) is 8.54. The Hall–Kier alpha value is -1.69. The second-order valence-corrected chi connectivity index (χ2v) is 2.91. The highest BCUT2D eigenvalue weighted by molar-refractivity contribution is 5.91. The van der Waals surface area contributed by atoms with Gasteiger partial charge < -0.3 is 15.6 Å². The lowest BCUT2D eigenvalue weighted by Crippen LogP contribution is -2.32. The van der Waals surface area contributed by atoms with Gasteiger partial charge in [-0.3, -0.25) is 9.59 Å². The van der Waals surface area contributed by atoms with Gasteiger partial charge in [-0.2, -0.15) is 0 Å². The van der Waals surface area contributed by atoms with Crippen LogP contribution >= 0.6 is 0 Å². The van der Waals surface area contributed by atoms with Crippen molar-refractivity contribution in [1.82, 2.24) is 20.6 Å². The molecular formula is C9H14N4O2. The molecule has 1 aromatic heterocycles. The zero-order valence-corrected chi connectivity index (χ0v) is 8.54. The fourth-order valence-electron chi connectivity index (χ4n) is 0.998. The highest BCUT2D eigenvalue weighted by Crippen LogP contribution is 1.86. The molecule has 0 saturated carbocycles. The molecule has 82 valence electrons. The van der Waals surface area contributed by atoms with Crippen molar-refractivity contribution in [3.8, 4) is 0 Å². The van der Waals surface area contributed by atoms with Crippen LogP contribution in [0.3, 0.4) is 0 Å². The van der Waals surface area contributed by atoms with E-state index in [0.717, 1.165) is 12.7 Å². The predicted molar refractivity (Wildman–Crippen MR) is 55.7 cm³/mol. The molecule has 6 heteroatoms. The molecule has 0 radical (unpaired) electrons. The Labute approximate surface area is 87.1 Å². The fraction of sp³-hybridized carbons (Fsp3) is 0.444. The van der Waals surface area contributed by atoms with Gasteiger partial charge in [0.25, 0.3) is 11.5 Å². The zero-order chi connectivity index (χ0) is 11.1. The van der Waals surface area contributed by atoms with E-state index in [1.165, 1.54) is 6.20 Å². The third-order valence-electron chi connectivity index (χ3n) is 1.74. The average Bonchev–Trinajstić information content (AvgIpc) is 2.25. The molecule has 0 unspecified atom stereocenters. The molecule has 0 aliphatic carbocycles. The number of amides is 1. The number of aromatic nitrogens is 2. The van der Waals surface area contributed by atoms with Crippen LogP contribution in [0.15, 0.2) is 17.2 Å². The average molecular weight is 210 g/mol. The molecule has 6 nitrogen and oxygen atoms in total. The van der Waals surface area contributed by atoms with Gasteiger partial charge in [-0.05, 0) is 6.54 Å². The topological polar surface area (TPSA) is 86.9 Å². The maximum Gasteiger partial charge on any atom is 0.271 e. The molecule has 0 saturated heterocycles. The first-order valence-electron chi connectivity index (χ1n) is 4.77. The van der Waals surface area contributed by atoms with E-state index in [0.29, 0.717) is 13.1 Å². The van der Waals surface area contributed by atoms with E-state index < -0.39 is 0 Å². The maximum absolute atomic E-state index is 11.4. The Kier molecular flexibility index (Phi) is 4.49. The summed E-state index contributed by atoms with van der Waals surface area (Å²) in [6.07, 6.45) is 2.38. The van der Waals surface area contributed by atoms with Gasteiger partial charge in [-0.1, -0.05) is 6.92 Å². The maximum atomic E-state index is 11.4. The lowest BCUT2D eigenvalue weighted by Gasteiger charge is -2.04. The molecule has 0 aliphatic heterocycles. The van der Waals surface area contributed by atoms with Crippen molar-refractivity contribution in [3.05, 3.63) is 28.4 Å². The number of H-pyrrole nitrogens is 1. The summed E-state index contributed by atoms with van der Waals surface area (Å²) in [7, 11) is 0. The number of hydrogen-bond acceptors (Lipinski definition) is 4. The SMILES string of the molecule is CCNCCNC(=O)c1c[nH]c(=O)cn1. The van der Waals surface area contributed by atoms with Gasteiger partial charge in [-0.25, -0.2) is 4.98 Å². The summed E-state index contributed by atoms with van der Waals surface area (Å²) in [6, 6.07) is 0. The molecule has 1 heterocycles. The quantitative estimate of drug-likeness (QED) is 0.550. The van der Waals surface area contributed by atoms with Gasteiger partial charge in [0.2, 0.25) is 0 Å². The molecule has 0 aromatic carbocycles. The van der Waals surface area contributed by atoms with Crippen LogP contribution < -0.4 is 16.2 Å². The van der Waals surface area contributed by atoms with Crippen LogP contribution in [0, 0.1) is 0 Å². The molecule has 15 heavy (non-hydrogen) atoms. The molecule has 0 atom stereocenters. The van der Waals surface area contributed by atoms with Crippen molar-refractivity contribution >= 4 is 5.91 Å². The van der Waals surface area contributed by atoms with E-state index in [2.05, 4.69) is 20.6 Å². The smallest absolute Gasteiger partial charge is 0.271 e. The van der Waals surface area contributed by atoms with Crippen LogP contribution in [0.1, 0.15) is 17.4 Å². The third-order valence-corrected chi connectivity index (χ3v) is 1.74. The van der Waals surface area contributed by atoms with Crippen molar-refractivity contribution in [2.24, 2.45) is 0 Å². The summed E-state index contributed by atoms with van der Waals surface area (Å²) in [5, 5.41) is 5.74. The van der Waals surface area contributed by atoms with Crippen molar-refractivity contribution in [2.45, 2.75) is 6.92 Å². The van der Waals surface area contributed by atoms with Crippen LogP contribution in [0.5, 0.6) is 0 Å². The van der Waals surface area contributed by atoms with E-state index in [1.807, 2.05) is 6.92 Å². The minimum absolute atomic E-state index is 0.214. The Bertz CT molecular complexity index is 354. The summed E-state index contributed by atoms with van der Waals surface area (Å²) in [5.41, 5.74) is -0.106. The molecule has 0 spiro atoms. The van der Waals surface area contributed by atoms with E-state index in [-0.39, 0.29) is 17.2 Å². The highest BCUT2D eigenvalue weighted by Gasteiger charge is 2.05. The lowest BCUT2D eigenvalue weighted by atomic mass is 10.4. The third kappa shape index (κ3) is 3.90. The minimum Gasteiger partial charge on any atom is -0.349 e. The van der Waals surface area contributed by atoms with E-state index in [4.69, 9.17) is 0 Å². The summed E-state index contributed by atoms with van der Waals surface area (Å²) >= 11 is 0. The van der Waals surface area contributed by atoms with Crippen LogP contribution in [-0.4, -0.2) is 35.5 Å². The first-order chi connectivity index (χ1) is 7.24. The summed E-state index contributed by atoms with van der Waals surface area (Å²) in [4.78, 5) is 28.2. The van der Waals surface area contributed by atoms with Crippen LogP contribution in [0.4, 0.5) is 0 Å².